The number of hydrogen-bond acceptors (Lipinski definition) is 3. The molecule has 0 fully saturated rings. The van der Waals surface area contributed by atoms with E-state index in [1.807, 2.05) is 0 Å². The second kappa shape index (κ2) is 4.18. The maximum absolute atomic E-state index is 13.2. The molecule has 92 valence electrons. The molecule has 2 heterocycles. The zero-order valence-corrected chi connectivity index (χ0v) is 9.35. The number of carbonyl (C=O) groups is 1. The monoisotopic (exact) mass is 247 g/mol. The van der Waals surface area contributed by atoms with Crippen molar-refractivity contribution in [3.63, 3.8) is 0 Å². The molecular weight excluding hydrogens is 237 g/mol. The van der Waals surface area contributed by atoms with Gasteiger partial charge in [0, 0.05) is 5.56 Å². The zero-order chi connectivity index (χ0) is 12.5. The minimum Gasteiger partial charge on any atom is -0.491 e. The fourth-order valence-corrected chi connectivity index (χ4v) is 1.94. The highest BCUT2D eigenvalue weighted by Crippen LogP contribution is 2.32. The lowest BCUT2D eigenvalue weighted by molar-refractivity contribution is 0.0902. The molecule has 1 aromatic carbocycles. The van der Waals surface area contributed by atoms with E-state index in [0.29, 0.717) is 17.9 Å². The molecule has 1 unspecified atom stereocenters. The molecule has 1 aliphatic rings. The number of fused-ring (bicyclic) bond motifs is 1. The summed E-state index contributed by atoms with van der Waals surface area (Å²) in [4.78, 5) is 11.8. The number of carbonyl (C=O) groups excluding carboxylic acids is 1. The molecular formula is C13H10FNO3. The Morgan fingerprint density at radius 3 is 3.06 bits per heavy atom. The molecule has 4 nitrogen and oxygen atoms in total. The molecule has 0 saturated carbocycles. The quantitative estimate of drug-likeness (QED) is 0.885. The van der Waals surface area contributed by atoms with Crippen LogP contribution in [0.5, 0.6) is 5.75 Å². The van der Waals surface area contributed by atoms with Crippen LogP contribution in [0.15, 0.2) is 41.0 Å². The molecule has 1 amide bonds. The van der Waals surface area contributed by atoms with E-state index in [-0.39, 0.29) is 23.5 Å². The van der Waals surface area contributed by atoms with Gasteiger partial charge in [0.2, 0.25) is 0 Å². The largest absolute Gasteiger partial charge is 0.491 e. The van der Waals surface area contributed by atoms with E-state index in [2.05, 4.69) is 5.32 Å². The molecule has 2 aromatic rings. The fraction of sp³-hybridized carbons (Fsp3) is 0.154. The van der Waals surface area contributed by atoms with Crippen LogP contribution in [0.4, 0.5) is 4.39 Å². The third-order valence-corrected chi connectivity index (χ3v) is 2.80. The molecule has 0 spiro atoms. The number of rotatable bonds is 2. The molecule has 1 N–H and O–H groups in total. The Bertz CT molecular complexity index is 580. The van der Waals surface area contributed by atoms with Crippen LogP contribution in [0.1, 0.15) is 22.2 Å². The summed E-state index contributed by atoms with van der Waals surface area (Å²) in [5.41, 5.74) is 0.648. The van der Waals surface area contributed by atoms with Crippen molar-refractivity contribution < 1.29 is 18.3 Å². The molecule has 0 bridgehead atoms. The van der Waals surface area contributed by atoms with Crippen LogP contribution in [0.2, 0.25) is 0 Å². The molecule has 1 aromatic heterocycles. The van der Waals surface area contributed by atoms with Gasteiger partial charge >= 0.3 is 0 Å². The van der Waals surface area contributed by atoms with E-state index in [0.717, 1.165) is 0 Å². The Hall–Kier alpha value is -2.30. The first-order chi connectivity index (χ1) is 8.74. The molecule has 1 atom stereocenters. The second-order valence-corrected chi connectivity index (χ2v) is 4.00. The van der Waals surface area contributed by atoms with Crippen molar-refractivity contribution in [3.05, 3.63) is 53.7 Å². The lowest BCUT2D eigenvalue weighted by Gasteiger charge is -2.10. The SMILES string of the molecule is O=C(NC1COc2ccc(F)cc21)c1ccco1. The van der Waals surface area contributed by atoms with E-state index < -0.39 is 0 Å². The molecule has 0 radical (unpaired) electrons. The third-order valence-electron chi connectivity index (χ3n) is 2.80. The number of halogens is 1. The van der Waals surface area contributed by atoms with Crippen molar-refractivity contribution in [2.24, 2.45) is 0 Å². The van der Waals surface area contributed by atoms with Crippen molar-refractivity contribution in [2.75, 3.05) is 6.61 Å². The van der Waals surface area contributed by atoms with Crippen LogP contribution >= 0.6 is 0 Å². The normalized spacial score (nSPS) is 17.1. The summed E-state index contributed by atoms with van der Waals surface area (Å²) in [7, 11) is 0. The van der Waals surface area contributed by atoms with Gasteiger partial charge in [0.1, 0.15) is 18.2 Å². The minimum absolute atomic E-state index is 0.222. The predicted molar refractivity (Wildman–Crippen MR) is 60.8 cm³/mol. The van der Waals surface area contributed by atoms with E-state index in [1.165, 1.54) is 18.4 Å². The molecule has 3 rings (SSSR count). The van der Waals surface area contributed by atoms with Crippen molar-refractivity contribution in [3.8, 4) is 5.75 Å². The van der Waals surface area contributed by atoms with Gasteiger partial charge in [-0.2, -0.15) is 0 Å². The Morgan fingerprint density at radius 1 is 1.39 bits per heavy atom. The number of ether oxygens (including phenoxy) is 1. The summed E-state index contributed by atoms with van der Waals surface area (Å²) in [5, 5.41) is 2.74. The standard InChI is InChI=1S/C13H10FNO3/c14-8-3-4-11-9(6-8)10(7-18-11)15-13(16)12-2-1-5-17-12/h1-6,10H,7H2,(H,15,16). The highest BCUT2D eigenvalue weighted by Gasteiger charge is 2.27. The van der Waals surface area contributed by atoms with Gasteiger partial charge in [-0.1, -0.05) is 0 Å². The van der Waals surface area contributed by atoms with Gasteiger partial charge in [0.05, 0.1) is 12.3 Å². The van der Waals surface area contributed by atoms with E-state index in [9.17, 15) is 9.18 Å². The van der Waals surface area contributed by atoms with Gasteiger partial charge in [-0.05, 0) is 30.3 Å². The Balaban J connectivity index is 1.81. The van der Waals surface area contributed by atoms with Crippen LogP contribution in [-0.4, -0.2) is 12.5 Å². The molecule has 1 aliphatic heterocycles. The average molecular weight is 247 g/mol. The van der Waals surface area contributed by atoms with E-state index >= 15 is 0 Å². The van der Waals surface area contributed by atoms with Gasteiger partial charge < -0.3 is 14.5 Å². The first-order valence-electron chi connectivity index (χ1n) is 5.50. The maximum atomic E-state index is 13.2. The van der Waals surface area contributed by atoms with E-state index in [4.69, 9.17) is 9.15 Å². The summed E-state index contributed by atoms with van der Waals surface area (Å²) < 4.78 is 23.5. The van der Waals surface area contributed by atoms with Gasteiger partial charge in [0.15, 0.2) is 5.76 Å². The lowest BCUT2D eigenvalue weighted by Crippen LogP contribution is -2.29. The Kier molecular flexibility index (Phi) is 2.51. The van der Waals surface area contributed by atoms with Crippen LogP contribution < -0.4 is 10.1 Å². The van der Waals surface area contributed by atoms with Crippen molar-refractivity contribution >= 4 is 5.91 Å². The highest BCUT2D eigenvalue weighted by atomic mass is 19.1. The Labute approximate surface area is 102 Å². The Morgan fingerprint density at radius 2 is 2.28 bits per heavy atom. The number of benzene rings is 1. The van der Waals surface area contributed by atoms with Crippen LogP contribution in [0, 0.1) is 5.82 Å². The minimum atomic E-state index is -0.353. The number of hydrogen-bond donors (Lipinski definition) is 1. The smallest absolute Gasteiger partial charge is 0.287 e. The summed E-state index contributed by atoms with van der Waals surface area (Å²) in [6.07, 6.45) is 1.42. The third kappa shape index (κ3) is 1.84. The van der Waals surface area contributed by atoms with Gasteiger partial charge in [0.25, 0.3) is 5.91 Å². The predicted octanol–water partition coefficient (Wildman–Crippen LogP) is 2.28. The lowest BCUT2D eigenvalue weighted by atomic mass is 10.1. The first-order valence-corrected chi connectivity index (χ1v) is 5.50. The number of amides is 1. The van der Waals surface area contributed by atoms with Crippen LogP contribution in [0.25, 0.3) is 0 Å². The summed E-state index contributed by atoms with van der Waals surface area (Å²) in [5.74, 6) is 0.128. The van der Waals surface area contributed by atoms with Gasteiger partial charge in [-0.25, -0.2) is 4.39 Å². The number of nitrogens with one attached hydrogen (secondary N) is 1. The topological polar surface area (TPSA) is 51.5 Å². The molecule has 0 aliphatic carbocycles. The summed E-state index contributed by atoms with van der Waals surface area (Å²) in [6.45, 7) is 0.297. The molecule has 0 saturated heterocycles. The highest BCUT2D eigenvalue weighted by molar-refractivity contribution is 5.91. The van der Waals surface area contributed by atoms with Crippen LogP contribution in [0.3, 0.4) is 0 Å². The van der Waals surface area contributed by atoms with Gasteiger partial charge in [-0.15, -0.1) is 0 Å². The average Bonchev–Trinajstić information content (AvgIpc) is 2.99. The van der Waals surface area contributed by atoms with Crippen LogP contribution in [-0.2, 0) is 0 Å². The summed E-state index contributed by atoms with van der Waals surface area (Å²) in [6, 6.07) is 7.10. The summed E-state index contributed by atoms with van der Waals surface area (Å²) >= 11 is 0. The van der Waals surface area contributed by atoms with Gasteiger partial charge in [-0.3, -0.25) is 4.79 Å². The van der Waals surface area contributed by atoms with E-state index in [1.54, 1.807) is 18.2 Å². The van der Waals surface area contributed by atoms with Crippen molar-refractivity contribution in [1.82, 2.24) is 5.32 Å². The maximum Gasteiger partial charge on any atom is 0.287 e. The zero-order valence-electron chi connectivity index (χ0n) is 9.35. The van der Waals surface area contributed by atoms with Crippen molar-refractivity contribution in [2.45, 2.75) is 6.04 Å². The molecule has 5 heteroatoms. The first kappa shape index (κ1) is 10.8. The van der Waals surface area contributed by atoms with Crippen molar-refractivity contribution in [1.29, 1.82) is 0 Å². The second-order valence-electron chi connectivity index (χ2n) is 4.00. The molecule has 18 heavy (non-hydrogen) atoms. The number of furan rings is 1. The fourth-order valence-electron chi connectivity index (χ4n) is 1.94.